The van der Waals surface area contributed by atoms with E-state index in [4.69, 9.17) is 4.74 Å². The molecule has 8 heteroatoms. The fourth-order valence-electron chi connectivity index (χ4n) is 1.68. The van der Waals surface area contributed by atoms with Crippen molar-refractivity contribution in [3.63, 3.8) is 0 Å². The summed E-state index contributed by atoms with van der Waals surface area (Å²) in [7, 11) is 1.57. The summed E-state index contributed by atoms with van der Waals surface area (Å²) in [5.41, 5.74) is 0. The lowest BCUT2D eigenvalue weighted by atomic mass is 10.3. The summed E-state index contributed by atoms with van der Waals surface area (Å²) in [4.78, 5) is 17.2. The largest absolute Gasteiger partial charge is 0.445 e. The van der Waals surface area contributed by atoms with Crippen molar-refractivity contribution in [1.29, 1.82) is 0 Å². The number of carbonyl (C=O) groups excluding carboxylic acids is 1. The van der Waals surface area contributed by atoms with Crippen LogP contribution in [0.25, 0.3) is 0 Å². The van der Waals surface area contributed by atoms with Crippen molar-refractivity contribution in [3.05, 3.63) is 36.3 Å². The molecule has 1 atom stereocenters. The van der Waals surface area contributed by atoms with E-state index in [0.29, 0.717) is 15.9 Å². The predicted molar refractivity (Wildman–Crippen MR) is 81.9 cm³/mol. The molecule has 1 heterocycles. The van der Waals surface area contributed by atoms with Crippen molar-refractivity contribution in [2.75, 3.05) is 18.9 Å². The molecule has 118 valence electrons. The molecule has 0 spiro atoms. The highest BCUT2D eigenvalue weighted by atomic mass is 32.1. The standard InChI is InChI=1S/C14H16FN3O3S/c1-9(19)8-18(2)14(20)17-13-16-7-12(22-13)21-11-5-3-4-10(15)6-11/h3-7,9,19H,8H2,1-2H3,(H,16,17,20)/t9-/m0/s1. The van der Waals surface area contributed by atoms with E-state index < -0.39 is 11.9 Å². The zero-order valence-electron chi connectivity index (χ0n) is 12.1. The number of amides is 2. The van der Waals surface area contributed by atoms with Crippen molar-refractivity contribution in [2.45, 2.75) is 13.0 Å². The van der Waals surface area contributed by atoms with Gasteiger partial charge in [-0.1, -0.05) is 17.4 Å². The lowest BCUT2D eigenvalue weighted by Gasteiger charge is -2.18. The van der Waals surface area contributed by atoms with Crippen LogP contribution in [0.1, 0.15) is 6.92 Å². The number of thiazole rings is 1. The van der Waals surface area contributed by atoms with Gasteiger partial charge in [0.25, 0.3) is 0 Å². The van der Waals surface area contributed by atoms with Crippen LogP contribution in [0.2, 0.25) is 0 Å². The summed E-state index contributed by atoms with van der Waals surface area (Å²) < 4.78 is 18.5. The lowest BCUT2D eigenvalue weighted by molar-refractivity contribution is 0.149. The number of likely N-dealkylation sites (N-methyl/N-ethyl adjacent to an activating group) is 1. The Morgan fingerprint density at radius 3 is 3.05 bits per heavy atom. The quantitative estimate of drug-likeness (QED) is 0.886. The zero-order valence-corrected chi connectivity index (χ0v) is 12.9. The number of aliphatic hydroxyl groups is 1. The van der Waals surface area contributed by atoms with Gasteiger partial charge in [-0.2, -0.15) is 0 Å². The van der Waals surface area contributed by atoms with Gasteiger partial charge in [-0.15, -0.1) is 0 Å². The van der Waals surface area contributed by atoms with Crippen LogP contribution in [0.3, 0.4) is 0 Å². The molecule has 0 fully saturated rings. The van der Waals surface area contributed by atoms with Crippen LogP contribution >= 0.6 is 11.3 Å². The van der Waals surface area contributed by atoms with Crippen molar-refractivity contribution in [3.8, 4) is 10.8 Å². The van der Waals surface area contributed by atoms with Gasteiger partial charge in [0.15, 0.2) is 5.13 Å². The van der Waals surface area contributed by atoms with Gasteiger partial charge in [-0.05, 0) is 19.1 Å². The van der Waals surface area contributed by atoms with E-state index in [0.717, 1.165) is 11.3 Å². The van der Waals surface area contributed by atoms with Gasteiger partial charge < -0.3 is 14.7 Å². The van der Waals surface area contributed by atoms with Crippen LogP contribution in [-0.2, 0) is 0 Å². The molecule has 2 N–H and O–H groups in total. The highest BCUT2D eigenvalue weighted by Crippen LogP contribution is 2.30. The first-order valence-corrected chi connectivity index (χ1v) is 7.35. The summed E-state index contributed by atoms with van der Waals surface area (Å²) in [5, 5.41) is 12.6. The first kappa shape index (κ1) is 16.2. The van der Waals surface area contributed by atoms with Gasteiger partial charge in [0.1, 0.15) is 11.6 Å². The van der Waals surface area contributed by atoms with Crippen LogP contribution < -0.4 is 10.1 Å². The third-order valence-electron chi connectivity index (χ3n) is 2.60. The molecule has 0 aliphatic carbocycles. The van der Waals surface area contributed by atoms with Gasteiger partial charge in [0, 0.05) is 19.7 Å². The number of rotatable bonds is 5. The van der Waals surface area contributed by atoms with Crippen LogP contribution in [0.15, 0.2) is 30.5 Å². The van der Waals surface area contributed by atoms with E-state index in [-0.39, 0.29) is 12.6 Å². The molecule has 6 nitrogen and oxygen atoms in total. The summed E-state index contributed by atoms with van der Waals surface area (Å²) in [6.07, 6.45) is 0.832. The second-order valence-electron chi connectivity index (χ2n) is 4.70. The van der Waals surface area contributed by atoms with Gasteiger partial charge >= 0.3 is 6.03 Å². The number of carbonyl (C=O) groups is 1. The molecule has 0 saturated heterocycles. The fourth-order valence-corrected chi connectivity index (χ4v) is 2.35. The van der Waals surface area contributed by atoms with Crippen LogP contribution in [0.5, 0.6) is 10.8 Å². The Labute approximate surface area is 131 Å². The molecule has 0 radical (unpaired) electrons. The van der Waals surface area contributed by atoms with Crippen LogP contribution in [0, 0.1) is 5.82 Å². The number of ether oxygens (including phenoxy) is 1. The number of nitrogens with zero attached hydrogens (tertiary/aromatic N) is 2. The Hall–Kier alpha value is -2.19. The summed E-state index contributed by atoms with van der Waals surface area (Å²) >= 11 is 1.12. The predicted octanol–water partition coefficient (Wildman–Crippen LogP) is 2.92. The second-order valence-corrected chi connectivity index (χ2v) is 5.70. The molecule has 0 aliphatic rings. The number of benzene rings is 1. The number of nitrogens with one attached hydrogen (secondary N) is 1. The normalized spacial score (nSPS) is 11.8. The zero-order chi connectivity index (χ0) is 16.1. The monoisotopic (exact) mass is 325 g/mol. The van der Waals surface area contributed by atoms with Crippen molar-refractivity contribution in [1.82, 2.24) is 9.88 Å². The van der Waals surface area contributed by atoms with E-state index in [2.05, 4.69) is 10.3 Å². The number of hydrogen-bond donors (Lipinski definition) is 2. The number of halogens is 1. The van der Waals surface area contributed by atoms with Crippen molar-refractivity contribution < 1.29 is 19.0 Å². The van der Waals surface area contributed by atoms with Crippen LogP contribution in [0.4, 0.5) is 14.3 Å². The summed E-state index contributed by atoms with van der Waals surface area (Å²) in [6.45, 7) is 1.81. The number of urea groups is 1. The SMILES string of the molecule is C[C@H](O)CN(C)C(=O)Nc1ncc(Oc2cccc(F)c2)s1. The molecule has 0 saturated carbocycles. The average molecular weight is 325 g/mol. The maximum atomic E-state index is 13.1. The molecule has 0 unspecified atom stereocenters. The topological polar surface area (TPSA) is 74.7 Å². The van der Waals surface area contributed by atoms with Gasteiger partial charge in [-0.3, -0.25) is 5.32 Å². The van der Waals surface area contributed by atoms with Gasteiger partial charge in [0.2, 0.25) is 5.06 Å². The first-order valence-electron chi connectivity index (χ1n) is 6.53. The van der Waals surface area contributed by atoms with E-state index in [9.17, 15) is 14.3 Å². The van der Waals surface area contributed by atoms with E-state index in [1.807, 2.05) is 0 Å². The van der Waals surface area contributed by atoms with Crippen molar-refractivity contribution in [2.24, 2.45) is 0 Å². The number of hydrogen-bond acceptors (Lipinski definition) is 5. The third kappa shape index (κ3) is 4.68. The smallest absolute Gasteiger partial charge is 0.323 e. The Balaban J connectivity index is 1.95. The second kappa shape index (κ2) is 7.19. The minimum Gasteiger partial charge on any atom is -0.445 e. The highest BCUT2D eigenvalue weighted by molar-refractivity contribution is 7.17. The molecule has 1 aromatic carbocycles. The maximum Gasteiger partial charge on any atom is 0.323 e. The number of anilines is 1. The number of aliphatic hydroxyl groups excluding tert-OH is 1. The van der Waals surface area contributed by atoms with Crippen LogP contribution in [-0.4, -0.2) is 40.7 Å². The van der Waals surface area contributed by atoms with E-state index >= 15 is 0 Å². The Bertz CT molecular complexity index is 648. The summed E-state index contributed by atoms with van der Waals surface area (Å²) in [6, 6.07) is 5.36. The van der Waals surface area contributed by atoms with Gasteiger partial charge in [0.05, 0.1) is 12.3 Å². The van der Waals surface area contributed by atoms with Gasteiger partial charge in [-0.25, -0.2) is 14.2 Å². The van der Waals surface area contributed by atoms with E-state index in [1.54, 1.807) is 26.1 Å². The van der Waals surface area contributed by atoms with Crippen molar-refractivity contribution >= 4 is 22.5 Å². The Morgan fingerprint density at radius 1 is 1.59 bits per heavy atom. The molecule has 0 aliphatic heterocycles. The molecule has 0 bridgehead atoms. The maximum absolute atomic E-state index is 13.1. The molecule has 2 rings (SSSR count). The third-order valence-corrected chi connectivity index (χ3v) is 3.39. The molecule has 2 aromatic rings. The molecule has 22 heavy (non-hydrogen) atoms. The molecular formula is C14H16FN3O3S. The Morgan fingerprint density at radius 2 is 2.36 bits per heavy atom. The minimum atomic E-state index is -0.612. The van der Waals surface area contributed by atoms with E-state index in [1.165, 1.54) is 23.2 Å². The highest BCUT2D eigenvalue weighted by Gasteiger charge is 2.13. The molecule has 1 aromatic heterocycles. The first-order chi connectivity index (χ1) is 10.4. The Kier molecular flexibility index (Phi) is 5.29. The number of aromatic nitrogens is 1. The molecular weight excluding hydrogens is 309 g/mol. The average Bonchev–Trinajstić information content (AvgIpc) is 2.85. The minimum absolute atomic E-state index is 0.212. The summed E-state index contributed by atoms with van der Waals surface area (Å²) in [5.74, 6) is -0.0389. The lowest BCUT2D eigenvalue weighted by Crippen LogP contribution is -2.36. The molecule has 2 amide bonds. The fraction of sp³-hybridized carbons (Fsp3) is 0.286.